The van der Waals surface area contributed by atoms with Crippen molar-refractivity contribution in [1.82, 2.24) is 19.7 Å². The Bertz CT molecular complexity index is 1260. The topological polar surface area (TPSA) is 81.8 Å². The average Bonchev–Trinajstić information content (AvgIpc) is 3.59. The van der Waals surface area contributed by atoms with Crippen molar-refractivity contribution in [3.05, 3.63) is 77.2 Å². The third kappa shape index (κ3) is 5.47. The molecular formula is C28H35N5OS. The molecule has 4 aromatic rings. The number of rotatable bonds is 8. The van der Waals surface area contributed by atoms with Crippen LogP contribution in [0.25, 0.3) is 10.9 Å². The Morgan fingerprint density at radius 1 is 1.14 bits per heavy atom. The molecule has 2 atom stereocenters. The van der Waals surface area contributed by atoms with Gasteiger partial charge in [-0.1, -0.05) is 75.0 Å². The fourth-order valence-corrected chi connectivity index (χ4v) is 5.63. The van der Waals surface area contributed by atoms with Crippen molar-refractivity contribution in [2.24, 2.45) is 5.73 Å². The van der Waals surface area contributed by atoms with E-state index in [4.69, 9.17) is 10.5 Å². The smallest absolute Gasteiger partial charge is 0.191 e. The monoisotopic (exact) mass is 489 g/mol. The van der Waals surface area contributed by atoms with Crippen LogP contribution in [0.5, 0.6) is 0 Å². The van der Waals surface area contributed by atoms with E-state index in [9.17, 15) is 0 Å². The lowest BCUT2D eigenvalue weighted by molar-refractivity contribution is 0.0938. The number of nitrogens with one attached hydrogen (secondary N) is 1. The number of hydrogen-bond donors (Lipinski definition) is 2. The molecule has 184 valence electrons. The highest BCUT2D eigenvalue weighted by Gasteiger charge is 2.24. The van der Waals surface area contributed by atoms with E-state index in [0.717, 1.165) is 48.2 Å². The summed E-state index contributed by atoms with van der Waals surface area (Å²) >= 11 is 1.72. The molecule has 0 radical (unpaired) electrons. The summed E-state index contributed by atoms with van der Waals surface area (Å²) in [5.41, 5.74) is 11.9. The molecule has 1 aliphatic heterocycles. The van der Waals surface area contributed by atoms with Crippen LogP contribution in [-0.2, 0) is 28.9 Å². The number of benzene rings is 2. The summed E-state index contributed by atoms with van der Waals surface area (Å²) in [6.45, 7) is 8.30. The Labute approximate surface area is 211 Å². The molecule has 0 spiro atoms. The van der Waals surface area contributed by atoms with E-state index < -0.39 is 0 Å². The van der Waals surface area contributed by atoms with Gasteiger partial charge < -0.3 is 20.0 Å². The van der Waals surface area contributed by atoms with Gasteiger partial charge in [0.25, 0.3) is 0 Å². The number of para-hydroxylation sites is 1. The number of thioether (sulfide) groups is 1. The van der Waals surface area contributed by atoms with E-state index in [1.165, 1.54) is 22.1 Å². The van der Waals surface area contributed by atoms with Gasteiger partial charge >= 0.3 is 0 Å². The number of aromatic amines is 1. The molecule has 0 amide bonds. The van der Waals surface area contributed by atoms with Gasteiger partial charge in [-0.2, -0.15) is 0 Å². The number of H-pyrrole nitrogens is 1. The van der Waals surface area contributed by atoms with Crippen LogP contribution in [0.1, 0.15) is 62.2 Å². The van der Waals surface area contributed by atoms with Crippen LogP contribution >= 0.6 is 11.8 Å². The Kier molecular flexibility index (Phi) is 7.00. The third-order valence-corrected chi connectivity index (χ3v) is 7.83. The fraction of sp³-hybridized carbons (Fsp3) is 0.429. The average molecular weight is 490 g/mol. The van der Waals surface area contributed by atoms with E-state index in [1.54, 1.807) is 11.8 Å². The van der Waals surface area contributed by atoms with Crippen molar-refractivity contribution < 1.29 is 4.74 Å². The largest absolute Gasteiger partial charge is 0.376 e. The molecule has 0 saturated carbocycles. The number of nitrogens with two attached hydrogens (primary N) is 1. The van der Waals surface area contributed by atoms with Gasteiger partial charge in [-0.3, -0.25) is 0 Å². The number of fused-ring (bicyclic) bond motifs is 1. The first-order valence-electron chi connectivity index (χ1n) is 12.5. The van der Waals surface area contributed by atoms with Gasteiger partial charge in [0.05, 0.1) is 18.7 Å². The molecular weight excluding hydrogens is 454 g/mol. The van der Waals surface area contributed by atoms with Crippen molar-refractivity contribution in [3.63, 3.8) is 0 Å². The molecule has 6 nitrogen and oxygen atoms in total. The maximum absolute atomic E-state index is 6.74. The second-order valence-electron chi connectivity index (χ2n) is 10.5. The van der Waals surface area contributed by atoms with Crippen molar-refractivity contribution in [2.45, 2.75) is 75.0 Å². The first kappa shape index (κ1) is 24.1. The molecule has 3 N–H and O–H groups in total. The molecule has 3 heterocycles. The SMILES string of the molecule is CC(C)(C)c1ccc(CSc2nnc(C(N)Cc3c[nH]c4ccccc34)n2CC2CCCO2)cc1. The first-order valence-corrected chi connectivity index (χ1v) is 13.4. The molecule has 2 aromatic carbocycles. The van der Waals surface area contributed by atoms with Crippen LogP contribution < -0.4 is 5.73 Å². The van der Waals surface area contributed by atoms with Crippen molar-refractivity contribution in [3.8, 4) is 0 Å². The maximum atomic E-state index is 6.74. The molecule has 2 aromatic heterocycles. The van der Waals surface area contributed by atoms with Crippen molar-refractivity contribution in [1.29, 1.82) is 0 Å². The lowest BCUT2D eigenvalue weighted by Gasteiger charge is -2.19. The Morgan fingerprint density at radius 2 is 1.94 bits per heavy atom. The Hall–Kier alpha value is -2.61. The normalized spacial score (nSPS) is 17.3. The van der Waals surface area contributed by atoms with Gasteiger partial charge in [-0.05, 0) is 47.4 Å². The van der Waals surface area contributed by atoms with Crippen LogP contribution in [0, 0.1) is 0 Å². The molecule has 1 fully saturated rings. The lowest BCUT2D eigenvalue weighted by atomic mass is 9.87. The first-order chi connectivity index (χ1) is 16.9. The standard InChI is InChI=1S/C28H35N5OS/c1-28(2,3)21-12-10-19(11-13-21)18-35-27-32-31-26(33(27)17-22-7-6-14-34-22)24(29)15-20-16-30-25-9-5-4-8-23(20)25/h4-5,8-13,16,22,24,30H,6-7,14-15,17-18,29H2,1-3H3. The maximum Gasteiger partial charge on any atom is 0.191 e. The molecule has 1 saturated heterocycles. The highest BCUT2D eigenvalue weighted by Crippen LogP contribution is 2.29. The zero-order valence-corrected chi connectivity index (χ0v) is 21.6. The summed E-state index contributed by atoms with van der Waals surface area (Å²) in [5, 5.41) is 11.3. The van der Waals surface area contributed by atoms with Gasteiger partial charge in [-0.25, -0.2) is 0 Å². The van der Waals surface area contributed by atoms with E-state index in [2.05, 4.69) is 89.2 Å². The van der Waals surface area contributed by atoms with Gasteiger partial charge in [0.2, 0.25) is 0 Å². The van der Waals surface area contributed by atoms with E-state index in [0.29, 0.717) is 6.42 Å². The van der Waals surface area contributed by atoms with Crippen LogP contribution in [0.15, 0.2) is 59.9 Å². The third-order valence-electron chi connectivity index (χ3n) is 6.79. The molecule has 7 heteroatoms. The summed E-state index contributed by atoms with van der Waals surface area (Å²) in [4.78, 5) is 3.35. The zero-order valence-electron chi connectivity index (χ0n) is 20.8. The molecule has 1 aliphatic rings. The highest BCUT2D eigenvalue weighted by molar-refractivity contribution is 7.98. The fourth-order valence-electron chi connectivity index (χ4n) is 4.72. The van der Waals surface area contributed by atoms with Crippen molar-refractivity contribution in [2.75, 3.05) is 6.61 Å². The number of nitrogens with zero attached hydrogens (tertiary/aromatic N) is 3. The minimum Gasteiger partial charge on any atom is -0.376 e. The van der Waals surface area contributed by atoms with Crippen LogP contribution in [-0.4, -0.2) is 32.5 Å². The van der Waals surface area contributed by atoms with Crippen LogP contribution in [0.4, 0.5) is 0 Å². The molecule has 2 unspecified atom stereocenters. The minimum absolute atomic E-state index is 0.156. The van der Waals surface area contributed by atoms with Gasteiger partial charge in [-0.15, -0.1) is 10.2 Å². The second-order valence-corrected chi connectivity index (χ2v) is 11.4. The Morgan fingerprint density at radius 3 is 2.69 bits per heavy atom. The number of aromatic nitrogens is 4. The number of hydrogen-bond acceptors (Lipinski definition) is 5. The minimum atomic E-state index is -0.247. The molecule has 35 heavy (non-hydrogen) atoms. The summed E-state index contributed by atoms with van der Waals surface area (Å²) in [5.74, 6) is 1.67. The van der Waals surface area contributed by atoms with E-state index >= 15 is 0 Å². The molecule has 0 bridgehead atoms. The Balaban J connectivity index is 1.35. The lowest BCUT2D eigenvalue weighted by Crippen LogP contribution is -2.23. The summed E-state index contributed by atoms with van der Waals surface area (Å²) in [6, 6.07) is 17.0. The molecule has 0 aliphatic carbocycles. The summed E-state index contributed by atoms with van der Waals surface area (Å²) < 4.78 is 8.15. The van der Waals surface area contributed by atoms with Crippen LogP contribution in [0.3, 0.4) is 0 Å². The summed E-state index contributed by atoms with van der Waals surface area (Å²) in [7, 11) is 0. The van der Waals surface area contributed by atoms with Crippen molar-refractivity contribution >= 4 is 22.7 Å². The number of ether oxygens (including phenoxy) is 1. The molecule has 5 rings (SSSR count). The van der Waals surface area contributed by atoms with E-state index in [1.807, 2.05) is 6.07 Å². The predicted octanol–water partition coefficient (Wildman–Crippen LogP) is 5.77. The summed E-state index contributed by atoms with van der Waals surface area (Å²) in [6.07, 6.45) is 5.12. The highest BCUT2D eigenvalue weighted by atomic mass is 32.2. The van der Waals surface area contributed by atoms with Gasteiger partial charge in [0.1, 0.15) is 0 Å². The zero-order chi connectivity index (χ0) is 24.4. The predicted molar refractivity (Wildman–Crippen MR) is 143 cm³/mol. The second kappa shape index (κ2) is 10.2. The quantitative estimate of drug-likeness (QED) is 0.307. The van der Waals surface area contributed by atoms with Gasteiger partial charge in [0.15, 0.2) is 11.0 Å². The van der Waals surface area contributed by atoms with Crippen LogP contribution in [0.2, 0.25) is 0 Å². The van der Waals surface area contributed by atoms with E-state index in [-0.39, 0.29) is 17.6 Å². The van der Waals surface area contributed by atoms with Gasteiger partial charge in [0, 0.05) is 29.5 Å².